The fourth-order valence-electron chi connectivity index (χ4n) is 9.82. The molecule has 2 aliphatic rings. The Morgan fingerprint density at radius 2 is 0.400 bits per heavy atom. The molecule has 100 heavy (non-hydrogen) atoms. The summed E-state index contributed by atoms with van der Waals surface area (Å²) in [5.74, 6) is -1.26. The Kier molecular flexibility index (Phi) is 41.9. The fourth-order valence-corrected chi connectivity index (χ4v) is 9.82. The summed E-state index contributed by atoms with van der Waals surface area (Å²) < 4.78 is 136. The van der Waals surface area contributed by atoms with Crippen molar-refractivity contribution in [2.24, 2.45) is 0 Å². The van der Waals surface area contributed by atoms with Crippen molar-refractivity contribution in [3.05, 3.63) is 81.9 Å². The van der Waals surface area contributed by atoms with Gasteiger partial charge in [-0.3, -0.25) is 29.0 Å². The fraction of sp³-hybridized carbons (Fsp3) is 0.629. The maximum Gasteiger partial charge on any atom is 0.261 e. The normalized spacial score (nSPS) is 12.8. The summed E-state index contributed by atoms with van der Waals surface area (Å²) in [6.45, 7) is 10.1. The first-order valence-electron chi connectivity index (χ1n) is 33.5. The molecule has 30 nitrogen and oxygen atoms in total. The van der Waals surface area contributed by atoms with E-state index in [0.717, 1.165) is 9.80 Å². The Labute approximate surface area is 585 Å². The molecule has 4 aromatic carbocycles. The number of ether oxygens (including phenoxy) is 24. The molecular formula is C70H102N2O28. The van der Waals surface area contributed by atoms with Crippen molar-refractivity contribution in [1.29, 1.82) is 0 Å². The number of imide groups is 2. The highest BCUT2D eigenvalue weighted by Gasteiger charge is 2.40. The van der Waals surface area contributed by atoms with E-state index in [0.29, 0.717) is 170 Å². The monoisotopic (exact) mass is 1420 g/mol. The average molecular weight is 1420 g/mol. The van der Waals surface area contributed by atoms with E-state index in [1.807, 2.05) is 0 Å². The Bertz CT molecular complexity index is 2620. The topological polar surface area (TPSA) is 296 Å². The molecule has 0 unspecified atom stereocenters. The maximum absolute atomic E-state index is 14.9. The quantitative estimate of drug-likeness (QED) is 0.0424. The van der Waals surface area contributed by atoms with Gasteiger partial charge in [-0.1, -0.05) is 0 Å². The van der Waals surface area contributed by atoms with Crippen LogP contribution in [0, 0.1) is 0 Å². The third-order valence-corrected chi connectivity index (χ3v) is 14.6. The first-order chi connectivity index (χ1) is 49.2. The lowest BCUT2D eigenvalue weighted by Gasteiger charge is -2.32. The van der Waals surface area contributed by atoms with Gasteiger partial charge in [-0.25, -0.2) is 0 Å². The van der Waals surface area contributed by atoms with Crippen LogP contribution in [0.2, 0.25) is 0 Å². The predicted octanol–water partition coefficient (Wildman–Crippen LogP) is 4.78. The van der Waals surface area contributed by atoms with Crippen molar-refractivity contribution in [3.63, 3.8) is 0 Å². The molecule has 2 aliphatic heterocycles. The van der Waals surface area contributed by atoms with Crippen molar-refractivity contribution >= 4 is 34.4 Å². The van der Waals surface area contributed by atoms with Crippen LogP contribution in [0.15, 0.2) is 48.5 Å². The molecule has 0 radical (unpaired) electrons. The van der Waals surface area contributed by atoms with Gasteiger partial charge >= 0.3 is 0 Å². The number of hydrogen-bond acceptors (Lipinski definition) is 28. The lowest BCUT2D eigenvalue weighted by Crippen LogP contribution is -2.42. The SMILES string of the molecule is COCCOCCOCCOc1cc(CN2C(=O)c3ccc4c5c(ccc(c35)C2=O)C(=O)N(Cc2cc(OCCOCCOCCOC)c(OCCOCCOCCOC)c(OCCOCCOCCOC)c2)C4=O)cc(OCCOCCOCCOC)c1OCCOCCOCCOC. The summed E-state index contributed by atoms with van der Waals surface area (Å²) in [4.78, 5) is 61.9. The third kappa shape index (κ3) is 28.7. The molecule has 0 spiro atoms. The van der Waals surface area contributed by atoms with E-state index in [9.17, 15) is 19.2 Å². The molecule has 0 aromatic heterocycles. The summed E-state index contributed by atoms with van der Waals surface area (Å²) >= 11 is 0. The number of carbonyl (C=O) groups is 4. The molecule has 4 aromatic rings. The molecular weight excluding hydrogens is 1320 g/mol. The number of hydrogen-bond donors (Lipinski definition) is 0. The number of rotatable bonds is 64. The maximum atomic E-state index is 14.9. The molecule has 2 heterocycles. The van der Waals surface area contributed by atoms with Crippen LogP contribution in [-0.4, -0.2) is 314 Å². The molecule has 560 valence electrons. The number of benzene rings is 4. The zero-order chi connectivity index (χ0) is 71.0. The van der Waals surface area contributed by atoms with Gasteiger partial charge in [0, 0.05) is 75.7 Å². The van der Waals surface area contributed by atoms with Crippen molar-refractivity contribution in [2.45, 2.75) is 13.1 Å². The van der Waals surface area contributed by atoms with Gasteiger partial charge in [0.05, 0.1) is 211 Å². The zero-order valence-corrected chi connectivity index (χ0v) is 58.8. The van der Waals surface area contributed by atoms with Gasteiger partial charge in [0.25, 0.3) is 23.6 Å². The van der Waals surface area contributed by atoms with Crippen LogP contribution in [0.3, 0.4) is 0 Å². The van der Waals surface area contributed by atoms with Crippen LogP contribution in [0.1, 0.15) is 52.6 Å². The minimum atomic E-state index is -0.665. The van der Waals surface area contributed by atoms with E-state index < -0.39 is 23.6 Å². The molecule has 0 saturated carbocycles. The highest BCUT2D eigenvalue weighted by atomic mass is 16.6. The summed E-state index contributed by atoms with van der Waals surface area (Å²) in [5, 5.41) is 0.360. The minimum absolute atomic E-state index is 0.0680. The summed E-state index contributed by atoms with van der Waals surface area (Å²) in [6, 6.07) is 12.7. The molecule has 0 saturated heterocycles. The molecule has 0 aliphatic carbocycles. The van der Waals surface area contributed by atoms with Gasteiger partial charge < -0.3 is 114 Å². The van der Waals surface area contributed by atoms with Gasteiger partial charge in [0.15, 0.2) is 23.0 Å². The Balaban J connectivity index is 1.26. The summed E-state index contributed by atoms with van der Waals surface area (Å²) in [5.41, 5.74) is 1.31. The molecule has 0 bridgehead atoms. The first kappa shape index (κ1) is 82.5. The van der Waals surface area contributed by atoms with Gasteiger partial charge in [0.2, 0.25) is 11.5 Å². The molecule has 0 N–H and O–H groups in total. The van der Waals surface area contributed by atoms with Crippen LogP contribution in [-0.2, 0) is 98.4 Å². The smallest absolute Gasteiger partial charge is 0.261 e. The molecule has 4 amide bonds. The second kappa shape index (κ2) is 50.8. The highest BCUT2D eigenvalue weighted by molar-refractivity contribution is 6.33. The lowest BCUT2D eigenvalue weighted by atomic mass is 9.85. The van der Waals surface area contributed by atoms with Gasteiger partial charge in [0.1, 0.15) is 39.6 Å². The van der Waals surface area contributed by atoms with E-state index >= 15 is 0 Å². The second-order valence-corrected chi connectivity index (χ2v) is 21.7. The van der Waals surface area contributed by atoms with Crippen LogP contribution in [0.25, 0.3) is 10.8 Å². The average Bonchev–Trinajstić information content (AvgIpc) is 0.713. The van der Waals surface area contributed by atoms with Crippen molar-refractivity contribution in [2.75, 3.05) is 281 Å². The highest BCUT2D eigenvalue weighted by Crippen LogP contribution is 2.43. The molecule has 0 atom stereocenters. The van der Waals surface area contributed by atoms with E-state index in [2.05, 4.69) is 0 Å². The minimum Gasteiger partial charge on any atom is -0.487 e. The second-order valence-electron chi connectivity index (χ2n) is 21.7. The zero-order valence-electron chi connectivity index (χ0n) is 58.8. The van der Waals surface area contributed by atoms with E-state index in [1.54, 1.807) is 66.9 Å². The Morgan fingerprint density at radius 1 is 0.230 bits per heavy atom. The third-order valence-electron chi connectivity index (χ3n) is 14.6. The largest absolute Gasteiger partial charge is 0.487 e. The van der Waals surface area contributed by atoms with E-state index in [4.69, 9.17) is 114 Å². The molecule has 0 fully saturated rings. The van der Waals surface area contributed by atoms with Crippen LogP contribution in [0.4, 0.5) is 0 Å². The Hall–Kier alpha value is -6.50. The van der Waals surface area contributed by atoms with Gasteiger partial charge in [-0.15, -0.1) is 0 Å². The number of methoxy groups -OCH3 is 6. The predicted molar refractivity (Wildman–Crippen MR) is 359 cm³/mol. The van der Waals surface area contributed by atoms with Gasteiger partial charge in [-0.2, -0.15) is 0 Å². The number of nitrogens with zero attached hydrogens (tertiary/aromatic N) is 2. The summed E-state index contributed by atoms with van der Waals surface area (Å²) in [7, 11) is 9.58. The molecule has 6 rings (SSSR count). The molecule has 30 heteroatoms. The first-order valence-corrected chi connectivity index (χ1v) is 33.5. The summed E-state index contributed by atoms with van der Waals surface area (Å²) in [6.07, 6.45) is 0. The van der Waals surface area contributed by atoms with E-state index in [1.165, 1.54) is 24.3 Å². The number of amides is 4. The number of carbonyl (C=O) groups excluding carboxylic acids is 4. The van der Waals surface area contributed by atoms with Gasteiger partial charge in [-0.05, 0) is 59.7 Å². The lowest BCUT2D eigenvalue weighted by molar-refractivity contribution is 0.0146. The Morgan fingerprint density at radius 3 is 0.590 bits per heavy atom. The van der Waals surface area contributed by atoms with Crippen molar-refractivity contribution in [3.8, 4) is 34.5 Å². The van der Waals surface area contributed by atoms with Crippen LogP contribution in [0.5, 0.6) is 34.5 Å². The van der Waals surface area contributed by atoms with Crippen molar-refractivity contribution in [1.82, 2.24) is 9.80 Å². The van der Waals surface area contributed by atoms with Crippen molar-refractivity contribution < 1.29 is 133 Å². The van der Waals surface area contributed by atoms with Crippen LogP contribution >= 0.6 is 0 Å². The van der Waals surface area contributed by atoms with Crippen LogP contribution < -0.4 is 28.4 Å². The standard InChI is InChI=1S/C70H102N2O28/c1-77-11-17-83-23-29-89-35-41-95-59-47-53(48-60(96-42-36-90-30-24-84-18-12-78-2)65(59)99-45-39-93-33-27-87-21-15-81-5)51-71-67(73)55-7-9-57-64-58(10-8-56(63(55)64)68(71)74)70(76)72(69(57)75)52-54-49-61(97-43-37-91-31-25-85-19-13-79-3)66(100-46-40-94-34-28-88-22-16-82-6)62(50-54)98-44-38-92-32-26-86-20-14-80-4/h7-10,47-50H,11-46,51-52H2,1-6H3. The van der Waals surface area contributed by atoms with E-state index in [-0.39, 0.29) is 160 Å².